The molecule has 0 radical (unpaired) electrons. The maximum Gasteiger partial charge on any atom is 0.246 e. The summed E-state index contributed by atoms with van der Waals surface area (Å²) in [5.74, 6) is -0.683. The van der Waals surface area contributed by atoms with E-state index in [1.54, 1.807) is 22.3 Å². The second-order valence-corrected chi connectivity index (χ2v) is 7.10. The number of nitrogens with zero attached hydrogens (tertiary/aromatic N) is 1. The minimum atomic E-state index is -0.334. The van der Waals surface area contributed by atoms with Gasteiger partial charge in [0.05, 0.1) is 10.9 Å². The Bertz CT molecular complexity index is 784. The van der Waals surface area contributed by atoms with Crippen LogP contribution >= 0.6 is 22.9 Å². The molecule has 0 aliphatic carbocycles. The number of primary amides is 1. The van der Waals surface area contributed by atoms with Gasteiger partial charge in [0.1, 0.15) is 0 Å². The predicted molar refractivity (Wildman–Crippen MR) is 94.4 cm³/mol. The van der Waals surface area contributed by atoms with Crippen molar-refractivity contribution in [3.05, 3.63) is 40.2 Å². The van der Waals surface area contributed by atoms with Gasteiger partial charge in [-0.05, 0) is 25.0 Å². The quantitative estimate of drug-likeness (QED) is 0.865. The van der Waals surface area contributed by atoms with E-state index in [-0.39, 0.29) is 17.7 Å². The highest BCUT2D eigenvalue weighted by Crippen LogP contribution is 2.35. The molecule has 120 valence electrons. The molecule has 1 atom stereocenters. The second-order valence-electron chi connectivity index (χ2n) is 5.64. The lowest BCUT2D eigenvalue weighted by Crippen LogP contribution is -2.43. The van der Waals surface area contributed by atoms with E-state index in [2.05, 4.69) is 0 Å². The van der Waals surface area contributed by atoms with Gasteiger partial charge in [0.15, 0.2) is 0 Å². The van der Waals surface area contributed by atoms with Gasteiger partial charge in [0.2, 0.25) is 11.8 Å². The molecule has 3 rings (SSSR count). The van der Waals surface area contributed by atoms with Crippen molar-refractivity contribution in [3.8, 4) is 0 Å². The summed E-state index contributed by atoms with van der Waals surface area (Å²) in [4.78, 5) is 26.2. The molecule has 2 amide bonds. The first kappa shape index (κ1) is 16.0. The second kappa shape index (κ2) is 6.72. The molecule has 0 saturated carbocycles. The van der Waals surface area contributed by atoms with Crippen molar-refractivity contribution in [2.24, 2.45) is 11.7 Å². The minimum absolute atomic E-state index is 0.107. The fourth-order valence-corrected chi connectivity index (χ4v) is 4.20. The molecule has 1 unspecified atom stereocenters. The molecule has 1 saturated heterocycles. The molecular formula is C17H17ClN2O2S. The number of nitrogens with two attached hydrogens (primary N) is 1. The molecule has 23 heavy (non-hydrogen) atoms. The summed E-state index contributed by atoms with van der Waals surface area (Å²) in [6.45, 7) is 1.06. The lowest BCUT2D eigenvalue weighted by atomic mass is 9.97. The Morgan fingerprint density at radius 1 is 1.35 bits per heavy atom. The van der Waals surface area contributed by atoms with Gasteiger partial charge in [-0.15, -0.1) is 11.3 Å². The maximum atomic E-state index is 12.3. The van der Waals surface area contributed by atoms with Crippen molar-refractivity contribution < 1.29 is 9.59 Å². The highest BCUT2D eigenvalue weighted by Gasteiger charge is 2.25. The number of fused-ring (bicyclic) bond motifs is 1. The zero-order chi connectivity index (χ0) is 16.4. The van der Waals surface area contributed by atoms with E-state index in [4.69, 9.17) is 17.3 Å². The van der Waals surface area contributed by atoms with Gasteiger partial charge in [0, 0.05) is 34.1 Å². The smallest absolute Gasteiger partial charge is 0.246 e. The zero-order valence-electron chi connectivity index (χ0n) is 12.5. The molecular weight excluding hydrogens is 332 g/mol. The first-order chi connectivity index (χ1) is 11.1. The summed E-state index contributed by atoms with van der Waals surface area (Å²) in [7, 11) is 0. The molecule has 1 aliphatic rings. The third-order valence-electron chi connectivity index (χ3n) is 4.07. The molecule has 0 spiro atoms. The standard InChI is InChI=1S/C17H17ClN2O2S/c18-16-12-5-1-2-6-13(12)23-14(16)7-8-15(21)20-9-3-4-11(10-20)17(19)22/h1-2,5-8,11H,3-4,9-10H2,(H2,19,22)/b8-7+. The summed E-state index contributed by atoms with van der Waals surface area (Å²) in [6.07, 6.45) is 4.84. The number of amides is 2. The Morgan fingerprint density at radius 2 is 2.13 bits per heavy atom. The summed E-state index contributed by atoms with van der Waals surface area (Å²) in [6, 6.07) is 7.88. The van der Waals surface area contributed by atoms with E-state index in [0.717, 1.165) is 27.8 Å². The van der Waals surface area contributed by atoms with Crippen LogP contribution in [0, 0.1) is 5.92 Å². The van der Waals surface area contributed by atoms with Crippen molar-refractivity contribution in [1.82, 2.24) is 4.90 Å². The lowest BCUT2D eigenvalue weighted by Gasteiger charge is -2.30. The summed E-state index contributed by atoms with van der Waals surface area (Å²) >= 11 is 7.92. The van der Waals surface area contributed by atoms with Crippen molar-refractivity contribution >= 4 is 50.9 Å². The van der Waals surface area contributed by atoms with Crippen LogP contribution in [0.2, 0.25) is 5.02 Å². The number of thiophene rings is 1. The van der Waals surface area contributed by atoms with Crippen LogP contribution in [0.1, 0.15) is 17.7 Å². The van der Waals surface area contributed by atoms with Crippen LogP contribution in [-0.2, 0) is 9.59 Å². The van der Waals surface area contributed by atoms with E-state index >= 15 is 0 Å². The van der Waals surface area contributed by atoms with Crippen molar-refractivity contribution in [2.75, 3.05) is 13.1 Å². The van der Waals surface area contributed by atoms with E-state index in [1.807, 2.05) is 24.3 Å². The number of benzene rings is 1. The normalized spacial score (nSPS) is 18.7. The van der Waals surface area contributed by atoms with Crippen LogP contribution in [0.4, 0.5) is 0 Å². The number of likely N-dealkylation sites (tertiary alicyclic amines) is 1. The maximum absolute atomic E-state index is 12.3. The summed E-state index contributed by atoms with van der Waals surface area (Å²) in [5.41, 5.74) is 5.35. The zero-order valence-corrected chi connectivity index (χ0v) is 14.1. The van der Waals surface area contributed by atoms with Gasteiger partial charge in [0.25, 0.3) is 0 Å². The number of hydrogen-bond acceptors (Lipinski definition) is 3. The number of piperidine rings is 1. The van der Waals surface area contributed by atoms with Crippen molar-refractivity contribution in [1.29, 1.82) is 0 Å². The average molecular weight is 349 g/mol. The number of carbonyl (C=O) groups is 2. The monoisotopic (exact) mass is 348 g/mol. The highest BCUT2D eigenvalue weighted by molar-refractivity contribution is 7.20. The lowest BCUT2D eigenvalue weighted by molar-refractivity contribution is -0.130. The fraction of sp³-hybridized carbons (Fsp3) is 0.294. The SMILES string of the molecule is NC(=O)C1CCCN(C(=O)/C=C/c2sc3ccccc3c2Cl)C1. The van der Waals surface area contributed by atoms with E-state index in [1.165, 1.54) is 6.08 Å². The van der Waals surface area contributed by atoms with Crippen LogP contribution in [0.3, 0.4) is 0 Å². The van der Waals surface area contributed by atoms with Gasteiger partial charge in [-0.25, -0.2) is 0 Å². The van der Waals surface area contributed by atoms with E-state index in [9.17, 15) is 9.59 Å². The Hall–Kier alpha value is -1.85. The molecule has 2 heterocycles. The number of halogens is 1. The number of hydrogen-bond donors (Lipinski definition) is 1. The van der Waals surface area contributed by atoms with Gasteiger partial charge >= 0.3 is 0 Å². The molecule has 1 aromatic carbocycles. The third-order valence-corrected chi connectivity index (χ3v) is 5.73. The first-order valence-corrected chi connectivity index (χ1v) is 8.69. The molecule has 1 fully saturated rings. The number of carbonyl (C=O) groups excluding carboxylic acids is 2. The molecule has 6 heteroatoms. The van der Waals surface area contributed by atoms with Crippen LogP contribution in [0.5, 0.6) is 0 Å². The largest absolute Gasteiger partial charge is 0.369 e. The highest BCUT2D eigenvalue weighted by atomic mass is 35.5. The average Bonchev–Trinajstić information content (AvgIpc) is 2.89. The molecule has 4 nitrogen and oxygen atoms in total. The van der Waals surface area contributed by atoms with Gasteiger partial charge in [-0.3, -0.25) is 9.59 Å². The third kappa shape index (κ3) is 3.41. The molecule has 1 aromatic heterocycles. The minimum Gasteiger partial charge on any atom is -0.369 e. The van der Waals surface area contributed by atoms with Crippen molar-refractivity contribution in [2.45, 2.75) is 12.8 Å². The molecule has 1 aliphatic heterocycles. The Kier molecular flexibility index (Phi) is 4.68. The van der Waals surface area contributed by atoms with Crippen molar-refractivity contribution in [3.63, 3.8) is 0 Å². The van der Waals surface area contributed by atoms with Gasteiger partial charge in [-0.1, -0.05) is 29.8 Å². The summed E-state index contributed by atoms with van der Waals surface area (Å²) in [5, 5.41) is 1.67. The van der Waals surface area contributed by atoms with E-state index in [0.29, 0.717) is 18.1 Å². The molecule has 0 bridgehead atoms. The van der Waals surface area contributed by atoms with Crippen LogP contribution in [0.25, 0.3) is 16.2 Å². The topological polar surface area (TPSA) is 63.4 Å². The first-order valence-electron chi connectivity index (χ1n) is 7.49. The van der Waals surface area contributed by atoms with E-state index < -0.39 is 0 Å². The Balaban J connectivity index is 1.75. The molecule has 2 N–H and O–H groups in total. The van der Waals surface area contributed by atoms with Gasteiger partial charge < -0.3 is 10.6 Å². The van der Waals surface area contributed by atoms with Crippen LogP contribution in [0.15, 0.2) is 30.3 Å². The Labute approximate surface area is 143 Å². The number of rotatable bonds is 3. The van der Waals surface area contributed by atoms with Crippen LogP contribution in [-0.4, -0.2) is 29.8 Å². The van der Waals surface area contributed by atoms with Crippen LogP contribution < -0.4 is 5.73 Å². The summed E-state index contributed by atoms with van der Waals surface area (Å²) < 4.78 is 1.09. The predicted octanol–water partition coefficient (Wildman–Crippen LogP) is 3.29. The molecule has 2 aromatic rings. The van der Waals surface area contributed by atoms with Gasteiger partial charge in [-0.2, -0.15) is 0 Å². The fourth-order valence-electron chi connectivity index (χ4n) is 2.80. The Morgan fingerprint density at radius 3 is 2.87 bits per heavy atom.